The van der Waals surface area contributed by atoms with E-state index in [4.69, 9.17) is 13.0 Å². The highest BCUT2D eigenvalue weighted by molar-refractivity contribution is 6.84. The molecule has 0 rings (SSSR count). The van der Waals surface area contributed by atoms with Crippen LogP contribution in [-0.2, 0) is 13.0 Å². The first kappa shape index (κ1) is 33.8. The second-order valence-corrected chi connectivity index (χ2v) is 16.5. The van der Waals surface area contributed by atoms with Gasteiger partial charge < -0.3 is 13.0 Å². The highest BCUT2D eigenvalue weighted by atomic mass is 28.5. The van der Waals surface area contributed by atoms with Gasteiger partial charge in [-0.15, -0.1) is 13.2 Å². The fourth-order valence-corrected chi connectivity index (χ4v) is 10.4. The van der Waals surface area contributed by atoms with Crippen LogP contribution in [0.1, 0.15) is 136 Å². The van der Waals surface area contributed by atoms with Gasteiger partial charge in [0.2, 0.25) is 0 Å². The SMILES string of the molecule is C=C[Si](C)(OCCCCCCCCCCCCCCC)O[Si](C)(C=C)OC(CCC)CCCC. The summed E-state index contributed by atoms with van der Waals surface area (Å²) in [6, 6.07) is 0. The smallest absolute Gasteiger partial charge is 0.352 e. The molecule has 3 nitrogen and oxygen atoms in total. The van der Waals surface area contributed by atoms with Crippen molar-refractivity contribution in [2.24, 2.45) is 0 Å². The summed E-state index contributed by atoms with van der Waals surface area (Å²) >= 11 is 0. The lowest BCUT2D eigenvalue weighted by Crippen LogP contribution is -2.51. The Labute approximate surface area is 216 Å². The van der Waals surface area contributed by atoms with Gasteiger partial charge in [-0.2, -0.15) is 0 Å². The Bertz CT molecular complexity index is 488. The Morgan fingerprint density at radius 2 is 1.06 bits per heavy atom. The third-order valence-electron chi connectivity index (χ3n) is 6.67. The molecule has 5 heteroatoms. The molecule has 0 saturated heterocycles. The molecule has 0 heterocycles. The van der Waals surface area contributed by atoms with Crippen molar-refractivity contribution in [2.75, 3.05) is 6.61 Å². The predicted molar refractivity (Wildman–Crippen MR) is 156 cm³/mol. The summed E-state index contributed by atoms with van der Waals surface area (Å²) < 4.78 is 19.5. The molecule has 0 aliphatic rings. The second-order valence-electron chi connectivity index (χ2n) is 10.3. The highest BCUT2D eigenvalue weighted by Crippen LogP contribution is 2.24. The largest absolute Gasteiger partial charge is 0.409 e. The first-order valence-corrected chi connectivity index (χ1v) is 19.5. The van der Waals surface area contributed by atoms with E-state index in [1.54, 1.807) is 0 Å². The molecule has 0 bridgehead atoms. The maximum absolute atomic E-state index is 6.59. The summed E-state index contributed by atoms with van der Waals surface area (Å²) in [6.45, 7) is 19.8. The van der Waals surface area contributed by atoms with Crippen LogP contribution in [0, 0.1) is 0 Å². The molecule has 0 amide bonds. The lowest BCUT2D eigenvalue weighted by Gasteiger charge is -2.36. The summed E-state index contributed by atoms with van der Waals surface area (Å²) in [5.41, 5.74) is 3.83. The van der Waals surface area contributed by atoms with Crippen molar-refractivity contribution in [1.82, 2.24) is 0 Å². The number of unbranched alkanes of at least 4 members (excludes halogenated alkanes) is 13. The maximum Gasteiger partial charge on any atom is 0.352 e. The van der Waals surface area contributed by atoms with Crippen LogP contribution in [0.2, 0.25) is 13.1 Å². The molecule has 0 radical (unpaired) electrons. The average molecular weight is 513 g/mol. The van der Waals surface area contributed by atoms with Gasteiger partial charge in [0.05, 0.1) is 0 Å². The van der Waals surface area contributed by atoms with Gasteiger partial charge in [-0.3, -0.25) is 0 Å². The molecular weight excluding hydrogens is 452 g/mol. The fraction of sp³-hybridized carbons (Fsp3) is 0.862. The Balaban J connectivity index is 4.14. The number of hydrogen-bond donors (Lipinski definition) is 0. The quantitative estimate of drug-likeness (QED) is 0.0852. The Morgan fingerprint density at radius 3 is 1.50 bits per heavy atom. The topological polar surface area (TPSA) is 27.7 Å². The van der Waals surface area contributed by atoms with E-state index in [-0.39, 0.29) is 6.10 Å². The van der Waals surface area contributed by atoms with Gasteiger partial charge in [0, 0.05) is 12.7 Å². The Kier molecular flexibility index (Phi) is 21.9. The monoisotopic (exact) mass is 512 g/mol. The molecule has 0 aliphatic carbocycles. The number of hydrogen-bond acceptors (Lipinski definition) is 3. The third-order valence-corrected chi connectivity index (χ3v) is 13.0. The van der Waals surface area contributed by atoms with E-state index in [1.165, 1.54) is 89.9 Å². The van der Waals surface area contributed by atoms with Gasteiger partial charge >= 0.3 is 17.1 Å². The first-order valence-electron chi connectivity index (χ1n) is 14.7. The van der Waals surface area contributed by atoms with E-state index in [0.717, 1.165) is 32.3 Å². The summed E-state index contributed by atoms with van der Waals surface area (Å²) in [4.78, 5) is 0. The minimum absolute atomic E-state index is 0.253. The van der Waals surface area contributed by atoms with Crippen molar-refractivity contribution in [3.05, 3.63) is 24.6 Å². The highest BCUT2D eigenvalue weighted by Gasteiger charge is 2.41. The maximum atomic E-state index is 6.59. The van der Waals surface area contributed by atoms with Gasteiger partial charge in [0.15, 0.2) is 0 Å². The van der Waals surface area contributed by atoms with Gasteiger partial charge in [-0.1, -0.05) is 128 Å². The van der Waals surface area contributed by atoms with Crippen molar-refractivity contribution in [2.45, 2.75) is 156 Å². The van der Waals surface area contributed by atoms with Crippen molar-refractivity contribution >= 4 is 17.1 Å². The van der Waals surface area contributed by atoms with E-state index < -0.39 is 17.1 Å². The van der Waals surface area contributed by atoms with Gasteiger partial charge in [0.1, 0.15) is 0 Å². The van der Waals surface area contributed by atoms with Gasteiger partial charge in [-0.25, -0.2) is 0 Å². The molecule has 0 aromatic heterocycles. The zero-order valence-corrected chi connectivity index (χ0v) is 25.8. The van der Waals surface area contributed by atoms with Crippen molar-refractivity contribution in [3.63, 3.8) is 0 Å². The molecule has 3 unspecified atom stereocenters. The van der Waals surface area contributed by atoms with E-state index in [1.807, 2.05) is 11.4 Å². The summed E-state index contributed by atoms with van der Waals surface area (Å²) in [5, 5.41) is 0. The standard InChI is InChI=1S/C29H60O3Si2/c1-8-13-15-16-17-18-19-20-21-22-23-24-25-28-30-33(6,11-4)32-34(7,12-5)31-29(26-10-3)27-14-9-2/h11-12,29H,4-5,8-10,13-28H2,1-3,6-7H3. The van der Waals surface area contributed by atoms with E-state index in [0.29, 0.717) is 0 Å². The fourth-order valence-electron chi connectivity index (χ4n) is 4.39. The molecule has 3 atom stereocenters. The van der Waals surface area contributed by atoms with Gasteiger partial charge in [0.25, 0.3) is 0 Å². The zero-order valence-electron chi connectivity index (χ0n) is 23.8. The average Bonchev–Trinajstić information content (AvgIpc) is 2.82. The van der Waals surface area contributed by atoms with Crippen molar-refractivity contribution in [1.29, 1.82) is 0 Å². The zero-order chi connectivity index (χ0) is 25.5. The third kappa shape index (κ3) is 18.1. The summed E-state index contributed by atoms with van der Waals surface area (Å²) in [7, 11) is -4.98. The van der Waals surface area contributed by atoms with Crippen LogP contribution in [0.15, 0.2) is 24.6 Å². The van der Waals surface area contributed by atoms with Gasteiger partial charge in [-0.05, 0) is 32.4 Å². The van der Waals surface area contributed by atoms with E-state index in [2.05, 4.69) is 47.0 Å². The minimum Gasteiger partial charge on any atom is -0.409 e. The molecule has 202 valence electrons. The molecular formula is C29H60O3Si2. The molecule has 0 fully saturated rings. The first-order chi connectivity index (χ1) is 16.4. The van der Waals surface area contributed by atoms with Crippen LogP contribution >= 0.6 is 0 Å². The van der Waals surface area contributed by atoms with Crippen molar-refractivity contribution in [3.8, 4) is 0 Å². The lowest BCUT2D eigenvalue weighted by molar-refractivity contribution is 0.127. The summed E-state index contributed by atoms with van der Waals surface area (Å²) in [6.07, 6.45) is 23.6. The Morgan fingerprint density at radius 1 is 0.588 bits per heavy atom. The van der Waals surface area contributed by atoms with Crippen molar-refractivity contribution < 1.29 is 13.0 Å². The minimum atomic E-state index is -2.51. The number of rotatable bonds is 26. The van der Waals surface area contributed by atoms with Crippen LogP contribution in [-0.4, -0.2) is 29.8 Å². The van der Waals surface area contributed by atoms with E-state index in [9.17, 15) is 0 Å². The molecule has 0 N–H and O–H groups in total. The lowest BCUT2D eigenvalue weighted by atomic mass is 10.0. The Hall–Kier alpha value is -0.206. The molecule has 0 spiro atoms. The van der Waals surface area contributed by atoms with E-state index >= 15 is 0 Å². The molecule has 34 heavy (non-hydrogen) atoms. The predicted octanol–water partition coefficient (Wildman–Crippen LogP) is 10.1. The van der Waals surface area contributed by atoms with Crippen LogP contribution in [0.4, 0.5) is 0 Å². The van der Waals surface area contributed by atoms with Crippen LogP contribution in [0.25, 0.3) is 0 Å². The molecule has 0 saturated carbocycles. The second kappa shape index (κ2) is 22.0. The van der Waals surface area contributed by atoms with Crippen LogP contribution in [0.5, 0.6) is 0 Å². The van der Waals surface area contributed by atoms with Crippen LogP contribution in [0.3, 0.4) is 0 Å². The summed E-state index contributed by atoms with van der Waals surface area (Å²) in [5.74, 6) is 0. The molecule has 0 aromatic rings. The van der Waals surface area contributed by atoms with Crippen LogP contribution < -0.4 is 0 Å². The molecule has 0 aromatic carbocycles. The normalized spacial score (nSPS) is 16.0. The molecule has 0 aliphatic heterocycles.